The van der Waals surface area contributed by atoms with Gasteiger partial charge in [0.1, 0.15) is 17.1 Å². The van der Waals surface area contributed by atoms with E-state index in [0.29, 0.717) is 5.56 Å². The summed E-state index contributed by atoms with van der Waals surface area (Å²) in [5.74, 6) is -1.58. The van der Waals surface area contributed by atoms with E-state index in [1.54, 1.807) is 6.07 Å². The van der Waals surface area contributed by atoms with Crippen LogP contribution in [-0.4, -0.2) is 30.7 Å². The van der Waals surface area contributed by atoms with E-state index in [0.717, 1.165) is 0 Å². The Hall–Kier alpha value is -3.16. The predicted molar refractivity (Wildman–Crippen MR) is 84.2 cm³/mol. The molecule has 0 fully saturated rings. The fourth-order valence-corrected chi connectivity index (χ4v) is 2.13. The number of benzene rings is 2. The number of methoxy groups -OCH3 is 1. The Morgan fingerprint density at radius 1 is 1.20 bits per heavy atom. The quantitative estimate of drug-likeness (QED) is 0.801. The Kier molecular flexibility index (Phi) is 5.89. The number of ether oxygens (including phenoxy) is 2. The summed E-state index contributed by atoms with van der Waals surface area (Å²) in [5.41, 5.74) is 0.665. The van der Waals surface area contributed by atoms with Gasteiger partial charge < -0.3 is 19.9 Å². The summed E-state index contributed by atoms with van der Waals surface area (Å²) in [6.45, 7) is -2.92. The summed E-state index contributed by atoms with van der Waals surface area (Å²) in [5, 5.41) is 11.7. The van der Waals surface area contributed by atoms with Crippen molar-refractivity contribution in [3.05, 3.63) is 59.2 Å². The lowest BCUT2D eigenvalue weighted by Crippen LogP contribution is -2.23. The molecule has 1 amide bonds. The van der Waals surface area contributed by atoms with Gasteiger partial charge in [0.05, 0.1) is 7.11 Å². The number of amides is 1. The fourth-order valence-electron chi connectivity index (χ4n) is 2.13. The average Bonchev–Trinajstić information content (AvgIpc) is 2.59. The van der Waals surface area contributed by atoms with Gasteiger partial charge in [-0.1, -0.05) is 12.1 Å². The molecular formula is C17H15F2NO5. The maximum absolute atomic E-state index is 12.2. The highest BCUT2D eigenvalue weighted by Crippen LogP contribution is 2.20. The molecule has 0 aliphatic heterocycles. The third kappa shape index (κ3) is 4.90. The van der Waals surface area contributed by atoms with E-state index in [1.165, 1.54) is 43.5 Å². The molecule has 0 bridgehead atoms. The van der Waals surface area contributed by atoms with Crippen molar-refractivity contribution in [2.45, 2.75) is 13.2 Å². The number of halogens is 2. The second-order valence-electron chi connectivity index (χ2n) is 4.93. The molecule has 132 valence electrons. The van der Waals surface area contributed by atoms with E-state index in [1.807, 2.05) is 0 Å². The van der Waals surface area contributed by atoms with Crippen molar-refractivity contribution in [2.75, 3.05) is 7.11 Å². The number of alkyl halides is 2. The first-order valence-electron chi connectivity index (χ1n) is 7.14. The normalized spacial score (nSPS) is 10.4. The smallest absolute Gasteiger partial charge is 0.387 e. The van der Waals surface area contributed by atoms with Gasteiger partial charge in [0.2, 0.25) is 0 Å². The first-order chi connectivity index (χ1) is 11.9. The lowest BCUT2D eigenvalue weighted by Gasteiger charge is -2.10. The summed E-state index contributed by atoms with van der Waals surface area (Å²) >= 11 is 0. The van der Waals surface area contributed by atoms with Crippen molar-refractivity contribution in [1.29, 1.82) is 0 Å². The van der Waals surface area contributed by atoms with E-state index in [9.17, 15) is 18.4 Å². The Morgan fingerprint density at radius 3 is 2.60 bits per heavy atom. The molecule has 0 aliphatic carbocycles. The van der Waals surface area contributed by atoms with Crippen molar-refractivity contribution >= 4 is 11.9 Å². The minimum Gasteiger partial charge on any atom is -0.496 e. The van der Waals surface area contributed by atoms with Crippen LogP contribution in [0.1, 0.15) is 26.3 Å². The summed E-state index contributed by atoms with van der Waals surface area (Å²) in [6, 6.07) is 9.86. The second kappa shape index (κ2) is 8.09. The van der Waals surface area contributed by atoms with E-state index in [2.05, 4.69) is 10.1 Å². The summed E-state index contributed by atoms with van der Waals surface area (Å²) < 4.78 is 33.6. The van der Waals surface area contributed by atoms with E-state index >= 15 is 0 Å². The van der Waals surface area contributed by atoms with E-state index in [-0.39, 0.29) is 29.2 Å². The molecule has 8 heteroatoms. The SMILES string of the molecule is COc1ccc(CNC(=O)c2cccc(OC(F)F)c2)cc1C(=O)O. The topological polar surface area (TPSA) is 84.9 Å². The van der Waals surface area contributed by atoms with Crippen molar-refractivity contribution in [3.63, 3.8) is 0 Å². The minimum absolute atomic E-state index is 0.0263. The first-order valence-corrected chi connectivity index (χ1v) is 7.14. The second-order valence-corrected chi connectivity index (χ2v) is 4.93. The van der Waals surface area contributed by atoms with Crippen LogP contribution in [0.3, 0.4) is 0 Å². The highest BCUT2D eigenvalue weighted by Gasteiger charge is 2.13. The van der Waals surface area contributed by atoms with Gasteiger partial charge in [0, 0.05) is 12.1 Å². The number of carboxylic acid groups (broad SMARTS) is 1. The van der Waals surface area contributed by atoms with Crippen LogP contribution < -0.4 is 14.8 Å². The molecule has 2 aromatic rings. The van der Waals surface area contributed by atoms with Crippen LogP contribution in [0, 0.1) is 0 Å². The zero-order valence-electron chi connectivity index (χ0n) is 13.2. The number of aromatic carboxylic acids is 1. The molecule has 0 atom stereocenters. The number of rotatable bonds is 7. The zero-order chi connectivity index (χ0) is 18.4. The highest BCUT2D eigenvalue weighted by atomic mass is 19.3. The third-order valence-corrected chi connectivity index (χ3v) is 3.27. The van der Waals surface area contributed by atoms with Crippen LogP contribution in [0.2, 0.25) is 0 Å². The molecule has 0 heterocycles. The summed E-state index contributed by atoms with van der Waals surface area (Å²) in [7, 11) is 1.36. The molecule has 2 aromatic carbocycles. The molecule has 6 nitrogen and oxygen atoms in total. The van der Waals surface area contributed by atoms with Crippen molar-refractivity contribution < 1.29 is 33.0 Å². The first kappa shape index (κ1) is 18.2. The van der Waals surface area contributed by atoms with Gasteiger partial charge in [-0.25, -0.2) is 4.79 Å². The zero-order valence-corrected chi connectivity index (χ0v) is 13.2. The Labute approximate surface area is 142 Å². The maximum Gasteiger partial charge on any atom is 0.387 e. The van der Waals surface area contributed by atoms with Crippen LogP contribution in [0.15, 0.2) is 42.5 Å². The Bertz CT molecular complexity index is 779. The van der Waals surface area contributed by atoms with Crippen molar-refractivity contribution in [1.82, 2.24) is 5.32 Å². The monoisotopic (exact) mass is 351 g/mol. The van der Waals surface area contributed by atoms with Gasteiger partial charge in [0.15, 0.2) is 0 Å². The maximum atomic E-state index is 12.2. The third-order valence-electron chi connectivity index (χ3n) is 3.27. The van der Waals surface area contributed by atoms with E-state index < -0.39 is 18.5 Å². The molecule has 0 saturated carbocycles. The van der Waals surface area contributed by atoms with Gasteiger partial charge >= 0.3 is 12.6 Å². The fraction of sp³-hybridized carbons (Fsp3) is 0.176. The van der Waals surface area contributed by atoms with Crippen LogP contribution in [0.4, 0.5) is 8.78 Å². The van der Waals surface area contributed by atoms with Crippen LogP contribution >= 0.6 is 0 Å². The van der Waals surface area contributed by atoms with Gasteiger partial charge in [-0.3, -0.25) is 4.79 Å². The Balaban J connectivity index is 2.07. The molecule has 0 spiro atoms. The molecule has 25 heavy (non-hydrogen) atoms. The summed E-state index contributed by atoms with van der Waals surface area (Å²) in [4.78, 5) is 23.3. The minimum atomic E-state index is -2.98. The van der Waals surface area contributed by atoms with Crippen molar-refractivity contribution in [2.24, 2.45) is 0 Å². The van der Waals surface area contributed by atoms with Crippen LogP contribution in [0.25, 0.3) is 0 Å². The molecule has 2 N–H and O–H groups in total. The van der Waals surface area contributed by atoms with Gasteiger partial charge in [-0.05, 0) is 35.9 Å². The lowest BCUT2D eigenvalue weighted by atomic mass is 10.1. The Morgan fingerprint density at radius 2 is 1.96 bits per heavy atom. The van der Waals surface area contributed by atoms with Gasteiger partial charge in [-0.2, -0.15) is 8.78 Å². The number of carboxylic acids is 1. The molecular weight excluding hydrogens is 336 g/mol. The van der Waals surface area contributed by atoms with Crippen molar-refractivity contribution in [3.8, 4) is 11.5 Å². The average molecular weight is 351 g/mol. The number of hydrogen-bond acceptors (Lipinski definition) is 4. The van der Waals surface area contributed by atoms with Gasteiger partial charge in [0.25, 0.3) is 5.91 Å². The van der Waals surface area contributed by atoms with Crippen LogP contribution in [0.5, 0.6) is 11.5 Å². The van der Waals surface area contributed by atoms with E-state index in [4.69, 9.17) is 9.84 Å². The number of hydrogen-bond donors (Lipinski definition) is 2. The summed E-state index contributed by atoms with van der Waals surface area (Å²) in [6.07, 6.45) is 0. The molecule has 2 rings (SSSR count). The largest absolute Gasteiger partial charge is 0.496 e. The number of carbonyl (C=O) groups is 2. The number of nitrogens with one attached hydrogen (secondary N) is 1. The standard InChI is InChI=1S/C17H15F2NO5/c1-24-14-6-5-10(7-13(14)16(22)23)9-20-15(21)11-3-2-4-12(8-11)25-17(18)19/h2-8,17H,9H2,1H3,(H,20,21)(H,22,23). The molecule has 0 aromatic heterocycles. The molecule has 0 saturated heterocycles. The molecule has 0 radical (unpaired) electrons. The number of carbonyl (C=O) groups excluding carboxylic acids is 1. The van der Waals surface area contributed by atoms with Gasteiger partial charge in [-0.15, -0.1) is 0 Å². The highest BCUT2D eigenvalue weighted by molar-refractivity contribution is 5.94. The van der Waals surface area contributed by atoms with Crippen LogP contribution in [-0.2, 0) is 6.54 Å². The lowest BCUT2D eigenvalue weighted by molar-refractivity contribution is -0.0498. The molecule has 0 unspecified atom stereocenters. The molecule has 0 aliphatic rings. The predicted octanol–water partition coefficient (Wildman–Crippen LogP) is 2.92.